The average molecular weight is 321 g/mol. The Morgan fingerprint density at radius 2 is 2.00 bits per heavy atom. The fourth-order valence-corrected chi connectivity index (χ4v) is 3.53. The van der Waals surface area contributed by atoms with E-state index in [2.05, 4.69) is 61.9 Å². The molecule has 1 heterocycles. The van der Waals surface area contributed by atoms with E-state index in [1.165, 1.54) is 18.4 Å². The van der Waals surface area contributed by atoms with Crippen molar-refractivity contribution in [2.75, 3.05) is 7.05 Å². The molecule has 4 nitrogen and oxygen atoms in total. The van der Waals surface area contributed by atoms with Crippen LogP contribution in [-0.2, 0) is 12.5 Å². The molecule has 0 bridgehead atoms. The second-order valence-corrected chi connectivity index (χ2v) is 5.88. The molecule has 0 amide bonds. The van der Waals surface area contributed by atoms with Crippen molar-refractivity contribution in [1.82, 2.24) is 20.3 Å². The summed E-state index contributed by atoms with van der Waals surface area (Å²) in [4.78, 5) is 0. The lowest BCUT2D eigenvalue weighted by Gasteiger charge is -2.27. The molecule has 2 aromatic rings. The summed E-state index contributed by atoms with van der Waals surface area (Å²) in [5.41, 5.74) is 2.68. The Morgan fingerprint density at radius 1 is 1.32 bits per heavy atom. The van der Waals surface area contributed by atoms with Gasteiger partial charge in [-0.3, -0.25) is 0 Å². The smallest absolute Gasteiger partial charge is 0.153 e. The first kappa shape index (κ1) is 12.8. The fourth-order valence-electron chi connectivity index (χ4n) is 2.97. The van der Waals surface area contributed by atoms with Crippen LogP contribution in [-0.4, -0.2) is 22.0 Å². The molecule has 1 saturated carbocycles. The van der Waals surface area contributed by atoms with E-state index in [9.17, 15) is 0 Å². The highest BCUT2D eigenvalue weighted by Crippen LogP contribution is 2.56. The van der Waals surface area contributed by atoms with Crippen molar-refractivity contribution < 1.29 is 0 Å². The number of rotatable bonds is 4. The van der Waals surface area contributed by atoms with Crippen LogP contribution in [0.5, 0.6) is 0 Å². The molecule has 0 aliphatic heterocycles. The second kappa shape index (κ2) is 4.72. The zero-order chi connectivity index (χ0) is 13.5. The van der Waals surface area contributed by atoms with Gasteiger partial charge in [-0.15, -0.1) is 5.10 Å². The van der Waals surface area contributed by atoms with E-state index in [1.807, 2.05) is 18.8 Å². The summed E-state index contributed by atoms with van der Waals surface area (Å²) in [7, 11) is 3.95. The molecule has 1 fully saturated rings. The van der Waals surface area contributed by atoms with E-state index in [-0.39, 0.29) is 11.5 Å². The Balaban J connectivity index is 2.04. The Kier molecular flexibility index (Phi) is 3.19. The SMILES string of the molecule is CNC(c1c(Br)nnn1C)C1(c2ccccc2)CC1. The highest BCUT2D eigenvalue weighted by Gasteiger charge is 2.52. The number of likely N-dealkylation sites (N-methyl/N-ethyl adjacent to an activating group) is 1. The van der Waals surface area contributed by atoms with E-state index in [1.54, 1.807) is 0 Å². The molecule has 100 valence electrons. The third kappa shape index (κ3) is 2.01. The van der Waals surface area contributed by atoms with Gasteiger partial charge in [0.1, 0.15) is 0 Å². The topological polar surface area (TPSA) is 42.7 Å². The summed E-state index contributed by atoms with van der Waals surface area (Å²) in [5.74, 6) is 0. The number of hydrogen-bond donors (Lipinski definition) is 1. The minimum Gasteiger partial charge on any atom is -0.311 e. The maximum atomic E-state index is 4.11. The van der Waals surface area contributed by atoms with Gasteiger partial charge in [0.2, 0.25) is 0 Å². The van der Waals surface area contributed by atoms with E-state index in [0.717, 1.165) is 10.3 Å². The first-order chi connectivity index (χ1) is 9.19. The van der Waals surface area contributed by atoms with Crippen LogP contribution in [0.1, 0.15) is 30.1 Å². The van der Waals surface area contributed by atoms with Crippen molar-refractivity contribution in [3.63, 3.8) is 0 Å². The minimum absolute atomic E-state index is 0.175. The maximum Gasteiger partial charge on any atom is 0.153 e. The molecular formula is C14H17BrN4. The zero-order valence-corrected chi connectivity index (χ0v) is 12.7. The van der Waals surface area contributed by atoms with Crippen LogP contribution in [0.2, 0.25) is 0 Å². The lowest BCUT2D eigenvalue weighted by molar-refractivity contribution is 0.432. The number of benzene rings is 1. The maximum absolute atomic E-state index is 4.11. The Morgan fingerprint density at radius 3 is 2.47 bits per heavy atom. The summed E-state index contributed by atoms with van der Waals surface area (Å²) >= 11 is 3.52. The Hall–Kier alpha value is -1.20. The molecule has 1 atom stereocenters. The zero-order valence-electron chi connectivity index (χ0n) is 11.1. The van der Waals surface area contributed by atoms with Crippen molar-refractivity contribution in [2.45, 2.75) is 24.3 Å². The van der Waals surface area contributed by atoms with Gasteiger partial charge < -0.3 is 5.32 Å². The molecule has 1 aromatic heterocycles. The summed E-state index contributed by atoms with van der Waals surface area (Å²) in [6.45, 7) is 0. The van der Waals surface area contributed by atoms with Gasteiger partial charge in [-0.25, -0.2) is 4.68 Å². The van der Waals surface area contributed by atoms with E-state index in [4.69, 9.17) is 0 Å². The number of halogens is 1. The van der Waals surface area contributed by atoms with Gasteiger partial charge in [-0.05, 0) is 41.4 Å². The van der Waals surface area contributed by atoms with Crippen LogP contribution in [0.15, 0.2) is 34.9 Å². The van der Waals surface area contributed by atoms with Gasteiger partial charge in [-0.1, -0.05) is 35.5 Å². The van der Waals surface area contributed by atoms with Gasteiger partial charge in [0.05, 0.1) is 11.7 Å². The Labute approximate surface area is 121 Å². The van der Waals surface area contributed by atoms with Crippen LogP contribution < -0.4 is 5.32 Å². The molecule has 3 rings (SSSR count). The highest BCUT2D eigenvalue weighted by atomic mass is 79.9. The third-order valence-corrected chi connectivity index (χ3v) is 4.64. The van der Waals surface area contributed by atoms with Crippen LogP contribution in [0.4, 0.5) is 0 Å². The lowest BCUT2D eigenvalue weighted by Crippen LogP contribution is -2.31. The van der Waals surface area contributed by atoms with Gasteiger partial charge >= 0.3 is 0 Å². The van der Waals surface area contributed by atoms with Crippen LogP contribution in [0, 0.1) is 0 Å². The second-order valence-electron chi connectivity index (χ2n) is 5.13. The van der Waals surface area contributed by atoms with Crippen molar-refractivity contribution in [1.29, 1.82) is 0 Å². The van der Waals surface area contributed by atoms with E-state index in [0.29, 0.717) is 0 Å². The quantitative estimate of drug-likeness (QED) is 0.941. The van der Waals surface area contributed by atoms with Crippen molar-refractivity contribution >= 4 is 15.9 Å². The molecule has 0 radical (unpaired) electrons. The molecular weight excluding hydrogens is 304 g/mol. The van der Waals surface area contributed by atoms with Crippen LogP contribution in [0.3, 0.4) is 0 Å². The molecule has 1 unspecified atom stereocenters. The molecule has 0 saturated heterocycles. The van der Waals surface area contributed by atoms with Crippen LogP contribution in [0.25, 0.3) is 0 Å². The minimum atomic E-state index is 0.175. The molecule has 0 spiro atoms. The van der Waals surface area contributed by atoms with E-state index >= 15 is 0 Å². The van der Waals surface area contributed by atoms with Crippen molar-refractivity contribution in [3.05, 3.63) is 46.2 Å². The first-order valence-corrected chi connectivity index (χ1v) is 7.26. The summed E-state index contributed by atoms with van der Waals surface area (Å²) in [6, 6.07) is 10.9. The lowest BCUT2D eigenvalue weighted by atomic mass is 9.86. The molecule has 1 aliphatic rings. The molecule has 1 aliphatic carbocycles. The van der Waals surface area contributed by atoms with Gasteiger partial charge in [-0.2, -0.15) is 0 Å². The molecule has 5 heteroatoms. The molecule has 19 heavy (non-hydrogen) atoms. The summed E-state index contributed by atoms with van der Waals surface area (Å²) < 4.78 is 2.69. The largest absolute Gasteiger partial charge is 0.311 e. The highest BCUT2D eigenvalue weighted by molar-refractivity contribution is 9.10. The van der Waals surface area contributed by atoms with Gasteiger partial charge in [0.15, 0.2) is 4.60 Å². The Bertz CT molecular complexity index is 555. The average Bonchev–Trinajstić information content (AvgIpc) is 3.17. The normalized spacial score (nSPS) is 18.3. The van der Waals surface area contributed by atoms with Crippen molar-refractivity contribution in [3.8, 4) is 0 Å². The first-order valence-electron chi connectivity index (χ1n) is 6.47. The fraction of sp³-hybridized carbons (Fsp3) is 0.429. The third-order valence-electron chi connectivity index (χ3n) is 4.08. The monoisotopic (exact) mass is 320 g/mol. The predicted octanol–water partition coefficient (Wildman–Crippen LogP) is 2.57. The van der Waals surface area contributed by atoms with E-state index < -0.39 is 0 Å². The van der Waals surface area contributed by atoms with Gasteiger partial charge in [0, 0.05) is 12.5 Å². The number of aryl methyl sites for hydroxylation is 1. The number of aromatic nitrogens is 3. The summed E-state index contributed by atoms with van der Waals surface area (Å²) in [5, 5.41) is 11.7. The predicted molar refractivity (Wildman–Crippen MR) is 77.9 cm³/mol. The number of hydrogen-bond acceptors (Lipinski definition) is 3. The standard InChI is InChI=1S/C14H17BrN4/c1-16-12(11-13(15)17-18-19(11)2)14(8-9-14)10-6-4-3-5-7-10/h3-7,12,16H,8-9H2,1-2H3. The van der Waals surface area contributed by atoms with Crippen molar-refractivity contribution in [2.24, 2.45) is 7.05 Å². The van der Waals surface area contributed by atoms with Gasteiger partial charge in [0.25, 0.3) is 0 Å². The number of nitrogens with one attached hydrogen (secondary N) is 1. The molecule has 1 aromatic carbocycles. The summed E-state index contributed by atoms with van der Waals surface area (Å²) in [6.07, 6.45) is 2.39. The van der Waals surface area contributed by atoms with Crippen LogP contribution >= 0.6 is 15.9 Å². The number of nitrogens with zero attached hydrogens (tertiary/aromatic N) is 3. The molecule has 1 N–H and O–H groups in total.